The quantitative estimate of drug-likeness (QED) is 0.564. The van der Waals surface area contributed by atoms with E-state index in [-0.39, 0.29) is 19.5 Å². The van der Waals surface area contributed by atoms with Gasteiger partial charge in [-0.25, -0.2) is 9.78 Å². The predicted molar refractivity (Wildman–Crippen MR) is 82.4 cm³/mol. The molecule has 0 amide bonds. The van der Waals surface area contributed by atoms with Crippen LogP contribution in [0.3, 0.4) is 0 Å². The molecule has 3 rings (SSSR count). The van der Waals surface area contributed by atoms with Crippen molar-refractivity contribution in [3.05, 3.63) is 27.9 Å². The molecule has 0 bridgehead atoms. The van der Waals surface area contributed by atoms with E-state index in [0.717, 1.165) is 0 Å². The SMILES string of the molecule is COC(=O)C1=C2CC(NS(=O)(=O)O)CN2C(c2nccs2)=NC1. The van der Waals surface area contributed by atoms with Crippen molar-refractivity contribution in [3.8, 4) is 0 Å². The molecular weight excluding hydrogens is 344 g/mol. The van der Waals surface area contributed by atoms with Gasteiger partial charge in [-0.3, -0.25) is 9.55 Å². The van der Waals surface area contributed by atoms with Crippen molar-refractivity contribution in [2.45, 2.75) is 12.5 Å². The summed E-state index contributed by atoms with van der Waals surface area (Å²) in [6, 6.07) is -0.567. The van der Waals surface area contributed by atoms with Crippen molar-refractivity contribution in [2.75, 3.05) is 20.2 Å². The first-order valence-electron chi connectivity index (χ1n) is 6.66. The summed E-state index contributed by atoms with van der Waals surface area (Å²) in [5.41, 5.74) is 1.02. The number of hydrogen-bond acceptors (Lipinski definition) is 8. The molecule has 11 heteroatoms. The van der Waals surface area contributed by atoms with Gasteiger partial charge in [0.1, 0.15) is 0 Å². The number of carbonyl (C=O) groups excluding carboxylic acids is 1. The van der Waals surface area contributed by atoms with Gasteiger partial charge in [0.05, 0.1) is 19.2 Å². The number of fused-ring (bicyclic) bond motifs is 1. The fraction of sp³-hybridized carbons (Fsp3) is 0.417. The molecule has 0 aliphatic carbocycles. The van der Waals surface area contributed by atoms with Gasteiger partial charge < -0.3 is 9.64 Å². The standard InChI is InChI=1S/C12H14N4O5S2/c1-21-12(17)8-5-14-10(11-13-2-3-22-11)16-6-7(4-9(8)16)15-23(18,19)20/h2-3,7,15H,4-6H2,1H3,(H,18,19,20). The number of hydrogen-bond donors (Lipinski definition) is 2. The summed E-state index contributed by atoms with van der Waals surface area (Å²) in [5.74, 6) is 0.0849. The highest BCUT2D eigenvalue weighted by Crippen LogP contribution is 2.31. The molecule has 1 atom stereocenters. The Labute approximate surface area is 136 Å². The molecular formula is C12H14N4O5S2. The van der Waals surface area contributed by atoms with Crippen LogP contribution >= 0.6 is 11.3 Å². The lowest BCUT2D eigenvalue weighted by Gasteiger charge is -2.26. The third kappa shape index (κ3) is 3.27. The third-order valence-electron chi connectivity index (χ3n) is 3.53. The summed E-state index contributed by atoms with van der Waals surface area (Å²) >= 11 is 1.40. The fourth-order valence-electron chi connectivity index (χ4n) is 2.68. The largest absolute Gasteiger partial charge is 0.466 e. The average molecular weight is 358 g/mol. The van der Waals surface area contributed by atoms with Gasteiger partial charge in [-0.15, -0.1) is 11.3 Å². The Morgan fingerprint density at radius 2 is 2.35 bits per heavy atom. The van der Waals surface area contributed by atoms with Gasteiger partial charge in [0, 0.05) is 36.3 Å². The molecule has 1 saturated heterocycles. The second kappa shape index (κ2) is 6.00. The summed E-state index contributed by atoms with van der Waals surface area (Å²) in [5, 5.41) is 2.49. The lowest BCUT2D eigenvalue weighted by Crippen LogP contribution is -2.39. The Morgan fingerprint density at radius 1 is 1.57 bits per heavy atom. The van der Waals surface area contributed by atoms with Crippen molar-refractivity contribution in [1.29, 1.82) is 0 Å². The number of methoxy groups -OCH3 is 1. The number of carbonyl (C=O) groups is 1. The smallest absolute Gasteiger partial charge is 0.337 e. The van der Waals surface area contributed by atoms with Gasteiger partial charge in [0.15, 0.2) is 10.8 Å². The Hall–Kier alpha value is -1.82. The monoisotopic (exact) mass is 358 g/mol. The number of thiazole rings is 1. The van der Waals surface area contributed by atoms with Crippen molar-refractivity contribution in [1.82, 2.24) is 14.6 Å². The molecule has 0 aromatic carbocycles. The summed E-state index contributed by atoms with van der Waals surface area (Å²) in [6.45, 7) is 0.389. The number of aliphatic imine (C=N–C) groups is 1. The second-order valence-electron chi connectivity index (χ2n) is 5.00. The molecule has 2 aliphatic heterocycles. The minimum Gasteiger partial charge on any atom is -0.466 e. The minimum atomic E-state index is -4.33. The molecule has 1 unspecified atom stereocenters. The van der Waals surface area contributed by atoms with E-state index in [1.54, 1.807) is 16.5 Å². The van der Waals surface area contributed by atoms with Gasteiger partial charge in [-0.1, -0.05) is 0 Å². The Morgan fingerprint density at radius 3 is 2.96 bits per heavy atom. The van der Waals surface area contributed by atoms with E-state index < -0.39 is 22.3 Å². The highest BCUT2D eigenvalue weighted by Gasteiger charge is 2.38. The molecule has 1 aromatic rings. The summed E-state index contributed by atoms with van der Waals surface area (Å²) in [6.07, 6.45) is 1.90. The maximum Gasteiger partial charge on any atom is 0.337 e. The van der Waals surface area contributed by atoms with Crippen molar-refractivity contribution in [3.63, 3.8) is 0 Å². The summed E-state index contributed by atoms with van der Waals surface area (Å²) in [7, 11) is -3.05. The van der Waals surface area contributed by atoms with Gasteiger partial charge in [-0.2, -0.15) is 13.1 Å². The zero-order chi connectivity index (χ0) is 16.6. The average Bonchev–Trinajstić information content (AvgIpc) is 3.12. The Kier molecular flexibility index (Phi) is 4.19. The van der Waals surface area contributed by atoms with E-state index in [0.29, 0.717) is 22.1 Å². The Balaban J connectivity index is 1.95. The highest BCUT2D eigenvalue weighted by molar-refractivity contribution is 7.83. The number of nitrogens with zero attached hydrogens (tertiary/aromatic N) is 3. The lowest BCUT2D eigenvalue weighted by molar-refractivity contribution is -0.136. The molecule has 0 spiro atoms. The van der Waals surface area contributed by atoms with Crippen LogP contribution in [0, 0.1) is 0 Å². The first kappa shape index (κ1) is 16.1. The van der Waals surface area contributed by atoms with E-state index in [2.05, 4.69) is 14.7 Å². The number of aromatic nitrogens is 1. The van der Waals surface area contributed by atoms with Gasteiger partial charge in [-0.05, 0) is 0 Å². The van der Waals surface area contributed by atoms with Crippen LogP contribution in [0.4, 0.5) is 0 Å². The van der Waals surface area contributed by atoms with Gasteiger partial charge >= 0.3 is 16.3 Å². The van der Waals surface area contributed by atoms with E-state index >= 15 is 0 Å². The first-order valence-corrected chi connectivity index (χ1v) is 8.98. The van der Waals surface area contributed by atoms with E-state index in [9.17, 15) is 13.2 Å². The molecule has 124 valence electrons. The molecule has 0 saturated carbocycles. The van der Waals surface area contributed by atoms with Crippen LogP contribution in [0.2, 0.25) is 0 Å². The summed E-state index contributed by atoms with van der Waals surface area (Å²) in [4.78, 5) is 22.3. The highest BCUT2D eigenvalue weighted by atomic mass is 32.2. The minimum absolute atomic E-state index is 0.145. The fourth-order valence-corrected chi connectivity index (χ4v) is 3.91. The topological polar surface area (TPSA) is 121 Å². The number of amidine groups is 1. The van der Waals surface area contributed by atoms with Crippen LogP contribution < -0.4 is 4.72 Å². The molecule has 23 heavy (non-hydrogen) atoms. The van der Waals surface area contributed by atoms with Crippen LogP contribution in [-0.2, 0) is 19.8 Å². The van der Waals surface area contributed by atoms with E-state index in [1.807, 2.05) is 0 Å². The van der Waals surface area contributed by atoms with Crippen molar-refractivity contribution < 1.29 is 22.5 Å². The first-order chi connectivity index (χ1) is 10.9. The van der Waals surface area contributed by atoms with Crippen LogP contribution in [0.5, 0.6) is 0 Å². The normalized spacial score (nSPS) is 21.2. The van der Waals surface area contributed by atoms with Crippen LogP contribution in [0.25, 0.3) is 0 Å². The van der Waals surface area contributed by atoms with Crippen LogP contribution in [0.1, 0.15) is 11.4 Å². The molecule has 2 aliphatic rings. The molecule has 0 radical (unpaired) electrons. The Bertz CT molecular complexity index is 784. The molecule has 9 nitrogen and oxygen atoms in total. The van der Waals surface area contributed by atoms with Gasteiger partial charge in [0.2, 0.25) is 0 Å². The third-order valence-corrected chi connectivity index (χ3v) is 4.93. The van der Waals surface area contributed by atoms with E-state index in [1.165, 1.54) is 18.4 Å². The number of ether oxygens (including phenoxy) is 1. The predicted octanol–water partition coefficient (Wildman–Crippen LogP) is -0.203. The van der Waals surface area contributed by atoms with E-state index in [4.69, 9.17) is 9.29 Å². The zero-order valence-corrected chi connectivity index (χ0v) is 13.7. The molecule has 2 N–H and O–H groups in total. The molecule has 3 heterocycles. The maximum atomic E-state index is 11.9. The second-order valence-corrected chi connectivity index (χ2v) is 7.08. The number of esters is 1. The maximum absolute atomic E-state index is 11.9. The molecule has 1 aromatic heterocycles. The van der Waals surface area contributed by atoms with Gasteiger partial charge in [0.25, 0.3) is 0 Å². The summed E-state index contributed by atoms with van der Waals surface area (Å²) < 4.78 is 38.0. The van der Waals surface area contributed by atoms with Crippen molar-refractivity contribution in [2.24, 2.45) is 4.99 Å². The lowest BCUT2D eigenvalue weighted by atomic mass is 10.1. The number of rotatable bonds is 4. The van der Waals surface area contributed by atoms with Crippen LogP contribution in [-0.4, -0.2) is 60.9 Å². The van der Waals surface area contributed by atoms with Crippen LogP contribution in [0.15, 0.2) is 27.8 Å². The van der Waals surface area contributed by atoms with Crippen molar-refractivity contribution >= 4 is 33.4 Å². The zero-order valence-electron chi connectivity index (χ0n) is 12.1. The molecule has 1 fully saturated rings. The number of nitrogens with one attached hydrogen (secondary N) is 1.